The van der Waals surface area contributed by atoms with Crippen molar-refractivity contribution in [2.45, 2.75) is 69.6 Å². The van der Waals surface area contributed by atoms with E-state index in [0.29, 0.717) is 17.2 Å². The van der Waals surface area contributed by atoms with E-state index in [9.17, 15) is 4.39 Å². The monoisotopic (exact) mass is 524 g/mol. The second-order valence-corrected chi connectivity index (χ2v) is 10.5. The number of pyridine rings is 1. The standard InChI is InChI=1S/C28H35FN2O.C2H2O4/c29-26-10-9-24(28-25(26)14-19-32-28)22-11-16-31(17-12-22)18-13-23(27-8-4-5-15-30-27)20-21-6-2-1-3-7-21;3-1(4)2(5)6/h4-5,8-10,14-15,19,21-23H,1-3,6-7,11-13,16-18,20H2;(H,3,4)(H,5,6). The Balaban J connectivity index is 0.000000505. The van der Waals surface area contributed by atoms with Crippen molar-refractivity contribution in [2.75, 3.05) is 19.6 Å². The van der Waals surface area contributed by atoms with Gasteiger partial charge in [0.1, 0.15) is 11.4 Å². The first-order chi connectivity index (χ1) is 18.4. The summed E-state index contributed by atoms with van der Waals surface area (Å²) in [5.41, 5.74) is 3.19. The van der Waals surface area contributed by atoms with Crippen molar-refractivity contribution in [1.82, 2.24) is 9.88 Å². The van der Waals surface area contributed by atoms with Gasteiger partial charge in [0.25, 0.3) is 0 Å². The van der Waals surface area contributed by atoms with Crippen molar-refractivity contribution >= 4 is 22.9 Å². The summed E-state index contributed by atoms with van der Waals surface area (Å²) in [5, 5.41) is 15.4. The summed E-state index contributed by atoms with van der Waals surface area (Å²) in [6, 6.07) is 11.7. The van der Waals surface area contributed by atoms with Crippen LogP contribution in [0.4, 0.5) is 4.39 Å². The third kappa shape index (κ3) is 7.40. The molecular weight excluding hydrogens is 487 g/mol. The molecule has 1 aliphatic heterocycles. The number of hydrogen-bond acceptors (Lipinski definition) is 5. The van der Waals surface area contributed by atoms with Crippen LogP contribution in [0.15, 0.2) is 53.3 Å². The lowest BCUT2D eigenvalue weighted by molar-refractivity contribution is -0.159. The molecule has 38 heavy (non-hydrogen) atoms. The lowest BCUT2D eigenvalue weighted by Gasteiger charge is -2.33. The first kappa shape index (κ1) is 27.8. The van der Waals surface area contributed by atoms with Crippen LogP contribution in [0.1, 0.15) is 80.9 Å². The molecule has 1 saturated heterocycles. The summed E-state index contributed by atoms with van der Waals surface area (Å²) in [7, 11) is 0. The van der Waals surface area contributed by atoms with E-state index in [-0.39, 0.29) is 5.82 Å². The molecule has 0 radical (unpaired) electrons. The highest BCUT2D eigenvalue weighted by atomic mass is 19.1. The summed E-state index contributed by atoms with van der Waals surface area (Å²) in [6.07, 6.45) is 15.3. The number of fused-ring (bicyclic) bond motifs is 1. The molecule has 1 unspecified atom stereocenters. The number of likely N-dealkylation sites (tertiary alicyclic amines) is 1. The minimum Gasteiger partial charge on any atom is -0.473 e. The number of carboxylic acid groups (broad SMARTS) is 2. The maximum Gasteiger partial charge on any atom is 0.414 e. The van der Waals surface area contributed by atoms with Crippen molar-refractivity contribution in [3.8, 4) is 0 Å². The third-order valence-corrected chi connectivity index (χ3v) is 8.05. The zero-order valence-electron chi connectivity index (χ0n) is 21.7. The van der Waals surface area contributed by atoms with E-state index in [1.54, 1.807) is 18.4 Å². The molecule has 2 N–H and O–H groups in total. The molecule has 1 saturated carbocycles. The third-order valence-electron chi connectivity index (χ3n) is 8.05. The minimum absolute atomic E-state index is 0.187. The fourth-order valence-corrected chi connectivity index (χ4v) is 6.01. The number of carboxylic acids is 2. The van der Waals surface area contributed by atoms with Crippen molar-refractivity contribution in [3.05, 3.63) is 65.9 Å². The zero-order chi connectivity index (χ0) is 26.9. The van der Waals surface area contributed by atoms with Gasteiger partial charge in [0.15, 0.2) is 0 Å². The van der Waals surface area contributed by atoms with Crippen LogP contribution in [0, 0.1) is 11.7 Å². The van der Waals surface area contributed by atoms with E-state index in [4.69, 9.17) is 29.2 Å². The Morgan fingerprint density at radius 3 is 2.39 bits per heavy atom. The van der Waals surface area contributed by atoms with Gasteiger partial charge in [-0.1, -0.05) is 44.2 Å². The summed E-state index contributed by atoms with van der Waals surface area (Å²) in [6.45, 7) is 3.34. The fourth-order valence-electron chi connectivity index (χ4n) is 6.01. The van der Waals surface area contributed by atoms with Gasteiger partial charge in [-0.05, 0) is 87.0 Å². The molecule has 1 aliphatic carbocycles. The lowest BCUT2D eigenvalue weighted by atomic mass is 9.80. The molecule has 2 fully saturated rings. The second-order valence-electron chi connectivity index (χ2n) is 10.5. The number of benzene rings is 1. The van der Waals surface area contributed by atoms with Gasteiger partial charge in [-0.25, -0.2) is 14.0 Å². The van der Waals surface area contributed by atoms with Crippen LogP contribution in [-0.4, -0.2) is 51.7 Å². The van der Waals surface area contributed by atoms with E-state index in [1.165, 1.54) is 56.2 Å². The maximum absolute atomic E-state index is 14.0. The number of furan rings is 1. The van der Waals surface area contributed by atoms with E-state index in [0.717, 1.165) is 44.0 Å². The average molecular weight is 525 g/mol. The number of nitrogens with zero attached hydrogens (tertiary/aromatic N) is 2. The Morgan fingerprint density at radius 1 is 1.00 bits per heavy atom. The molecule has 2 aromatic heterocycles. The number of halogens is 1. The molecule has 7 nitrogen and oxygen atoms in total. The molecule has 1 atom stereocenters. The van der Waals surface area contributed by atoms with Crippen LogP contribution in [0.25, 0.3) is 11.0 Å². The first-order valence-corrected chi connectivity index (χ1v) is 13.7. The maximum atomic E-state index is 14.0. The molecule has 2 aliphatic rings. The highest BCUT2D eigenvalue weighted by molar-refractivity contribution is 6.27. The predicted octanol–water partition coefficient (Wildman–Crippen LogP) is 6.45. The van der Waals surface area contributed by atoms with Crippen LogP contribution >= 0.6 is 0 Å². The Hall–Kier alpha value is -3.26. The predicted molar refractivity (Wildman–Crippen MR) is 143 cm³/mol. The van der Waals surface area contributed by atoms with E-state index >= 15 is 0 Å². The Kier molecular flexibility index (Phi) is 9.87. The topological polar surface area (TPSA) is 104 Å². The zero-order valence-corrected chi connectivity index (χ0v) is 21.7. The van der Waals surface area contributed by atoms with Crippen molar-refractivity contribution in [2.24, 2.45) is 5.92 Å². The van der Waals surface area contributed by atoms with Gasteiger partial charge in [-0.15, -0.1) is 0 Å². The molecule has 3 aromatic rings. The Bertz CT molecular complexity index is 1170. The number of hydrogen-bond donors (Lipinski definition) is 2. The van der Waals surface area contributed by atoms with Crippen LogP contribution < -0.4 is 0 Å². The number of aromatic nitrogens is 1. The van der Waals surface area contributed by atoms with Gasteiger partial charge >= 0.3 is 11.9 Å². The molecule has 5 rings (SSSR count). The molecular formula is C30H37FN2O5. The number of piperidine rings is 1. The first-order valence-electron chi connectivity index (χ1n) is 13.7. The second kappa shape index (κ2) is 13.5. The van der Waals surface area contributed by atoms with E-state index in [2.05, 4.69) is 17.0 Å². The largest absolute Gasteiger partial charge is 0.473 e. The van der Waals surface area contributed by atoms with Crippen molar-refractivity contribution < 1.29 is 28.6 Å². The van der Waals surface area contributed by atoms with Gasteiger partial charge in [0.2, 0.25) is 0 Å². The van der Waals surface area contributed by atoms with Gasteiger partial charge in [-0.2, -0.15) is 0 Å². The molecule has 0 bridgehead atoms. The van der Waals surface area contributed by atoms with Crippen LogP contribution in [0.3, 0.4) is 0 Å². The Morgan fingerprint density at radius 2 is 1.74 bits per heavy atom. The van der Waals surface area contributed by atoms with Gasteiger partial charge in [0, 0.05) is 17.8 Å². The number of carbonyl (C=O) groups is 2. The van der Waals surface area contributed by atoms with Crippen molar-refractivity contribution in [3.63, 3.8) is 0 Å². The lowest BCUT2D eigenvalue weighted by Crippen LogP contribution is -2.34. The quantitative estimate of drug-likeness (QED) is 0.343. The van der Waals surface area contributed by atoms with Crippen molar-refractivity contribution in [1.29, 1.82) is 0 Å². The smallest absolute Gasteiger partial charge is 0.414 e. The molecule has 1 aromatic carbocycles. The molecule has 8 heteroatoms. The molecule has 204 valence electrons. The summed E-state index contributed by atoms with van der Waals surface area (Å²) in [4.78, 5) is 25.6. The van der Waals surface area contributed by atoms with E-state index in [1.807, 2.05) is 18.3 Å². The average Bonchev–Trinajstić information content (AvgIpc) is 3.44. The molecule has 0 spiro atoms. The van der Waals surface area contributed by atoms with Gasteiger partial charge < -0.3 is 19.5 Å². The van der Waals surface area contributed by atoms with E-state index < -0.39 is 11.9 Å². The minimum atomic E-state index is -1.82. The number of rotatable bonds is 7. The highest BCUT2D eigenvalue weighted by Gasteiger charge is 2.26. The Labute approximate surface area is 222 Å². The molecule has 3 heterocycles. The van der Waals surface area contributed by atoms with Crippen LogP contribution in [0.2, 0.25) is 0 Å². The molecule has 0 amide bonds. The van der Waals surface area contributed by atoms with Crippen LogP contribution in [-0.2, 0) is 9.59 Å². The highest BCUT2D eigenvalue weighted by Crippen LogP contribution is 2.36. The van der Waals surface area contributed by atoms with Crippen LogP contribution in [0.5, 0.6) is 0 Å². The fraction of sp³-hybridized carbons (Fsp3) is 0.500. The van der Waals surface area contributed by atoms with Gasteiger partial charge in [-0.3, -0.25) is 4.98 Å². The SMILES string of the molecule is Fc1ccc(C2CCN(CCC(CC3CCCCC3)c3ccccn3)CC2)c2occc12.O=C(O)C(=O)O. The van der Waals surface area contributed by atoms with Gasteiger partial charge in [0.05, 0.1) is 11.6 Å². The summed E-state index contributed by atoms with van der Waals surface area (Å²) < 4.78 is 19.7. The summed E-state index contributed by atoms with van der Waals surface area (Å²) >= 11 is 0. The normalized spacial score (nSPS) is 18.0. The number of aliphatic carboxylic acids is 2. The summed E-state index contributed by atoms with van der Waals surface area (Å²) in [5.74, 6) is -1.94.